The lowest BCUT2D eigenvalue weighted by Gasteiger charge is -2.29. The molecular formula is C19H20N6O3S2. The van der Waals surface area contributed by atoms with E-state index in [2.05, 4.69) is 26.7 Å². The summed E-state index contributed by atoms with van der Waals surface area (Å²) in [6, 6.07) is 8.01. The third-order valence-corrected chi connectivity index (χ3v) is 6.55. The second-order valence-electron chi connectivity index (χ2n) is 6.62. The van der Waals surface area contributed by atoms with Crippen LogP contribution in [0.2, 0.25) is 0 Å². The average Bonchev–Trinajstić information content (AvgIpc) is 3.37. The molecule has 0 radical (unpaired) electrons. The van der Waals surface area contributed by atoms with Gasteiger partial charge in [-0.05, 0) is 24.5 Å². The van der Waals surface area contributed by atoms with Crippen LogP contribution in [0.1, 0.15) is 22.3 Å². The largest absolute Gasteiger partial charge is 0.479 e. The summed E-state index contributed by atoms with van der Waals surface area (Å²) in [4.78, 5) is 27.0. The summed E-state index contributed by atoms with van der Waals surface area (Å²) in [5.41, 5.74) is 2.50. The lowest BCUT2D eigenvalue weighted by molar-refractivity contribution is -0.116. The molecule has 11 heteroatoms. The molecule has 3 aromatic rings. The van der Waals surface area contributed by atoms with Gasteiger partial charge in [0.2, 0.25) is 16.9 Å². The number of aromatic nitrogens is 4. The second-order valence-corrected chi connectivity index (χ2v) is 8.82. The van der Waals surface area contributed by atoms with Crippen LogP contribution in [-0.4, -0.2) is 51.2 Å². The van der Waals surface area contributed by atoms with Gasteiger partial charge in [0.15, 0.2) is 4.34 Å². The molecule has 30 heavy (non-hydrogen) atoms. The first-order valence-electron chi connectivity index (χ1n) is 9.28. The number of rotatable bonds is 6. The number of hydrogen-bond donors (Lipinski definition) is 1. The maximum Gasteiger partial charge on any atom is 0.264 e. The Morgan fingerprint density at radius 2 is 2.13 bits per heavy atom. The molecule has 156 valence electrons. The Bertz CT molecular complexity index is 1080. The van der Waals surface area contributed by atoms with Crippen LogP contribution in [0.4, 0.5) is 10.8 Å². The summed E-state index contributed by atoms with van der Waals surface area (Å²) in [6.45, 7) is 0.723. The number of thioether (sulfide) groups is 1. The number of methoxy groups -OCH3 is 1. The molecule has 0 saturated carbocycles. The summed E-state index contributed by atoms with van der Waals surface area (Å²) in [6.07, 6.45) is 3.52. The van der Waals surface area contributed by atoms with E-state index in [0.29, 0.717) is 15.0 Å². The molecule has 0 aliphatic carbocycles. The van der Waals surface area contributed by atoms with E-state index in [-0.39, 0.29) is 23.4 Å². The van der Waals surface area contributed by atoms with Crippen molar-refractivity contribution < 1.29 is 14.3 Å². The van der Waals surface area contributed by atoms with Crippen molar-refractivity contribution in [3.63, 3.8) is 0 Å². The first-order chi connectivity index (χ1) is 14.5. The topological polar surface area (TPSA) is 102 Å². The van der Waals surface area contributed by atoms with Gasteiger partial charge in [-0.1, -0.05) is 41.3 Å². The minimum absolute atomic E-state index is 0.0352. The van der Waals surface area contributed by atoms with Crippen molar-refractivity contribution in [2.45, 2.75) is 17.2 Å². The maximum atomic E-state index is 12.7. The van der Waals surface area contributed by atoms with E-state index in [4.69, 9.17) is 4.74 Å². The molecule has 3 heterocycles. The molecule has 4 rings (SSSR count). The molecule has 0 saturated heterocycles. The van der Waals surface area contributed by atoms with E-state index in [1.165, 1.54) is 40.5 Å². The van der Waals surface area contributed by atoms with Crippen molar-refractivity contribution in [2.24, 2.45) is 7.05 Å². The van der Waals surface area contributed by atoms with Gasteiger partial charge in [-0.25, -0.2) is 0 Å². The lowest BCUT2D eigenvalue weighted by atomic mass is 10.0. The van der Waals surface area contributed by atoms with Crippen molar-refractivity contribution >= 4 is 45.7 Å². The molecule has 0 fully saturated rings. The normalized spacial score (nSPS) is 13.1. The SMILES string of the molecule is COc1nn(C)cc1C(=O)Nc1nnc(SCC(=O)N2CCCc3ccccc32)s1. The Labute approximate surface area is 181 Å². The van der Waals surface area contributed by atoms with Gasteiger partial charge in [0.1, 0.15) is 5.56 Å². The van der Waals surface area contributed by atoms with Crippen LogP contribution in [0.3, 0.4) is 0 Å². The fraction of sp³-hybridized carbons (Fsp3) is 0.316. The molecule has 1 aliphatic rings. The smallest absolute Gasteiger partial charge is 0.264 e. The summed E-state index contributed by atoms with van der Waals surface area (Å²) < 4.78 is 7.22. The number of carbonyl (C=O) groups is 2. The van der Waals surface area contributed by atoms with E-state index in [9.17, 15) is 9.59 Å². The van der Waals surface area contributed by atoms with Crippen molar-refractivity contribution in [3.8, 4) is 5.88 Å². The number of nitrogens with one attached hydrogen (secondary N) is 1. The van der Waals surface area contributed by atoms with Gasteiger partial charge in [0.05, 0.1) is 12.9 Å². The molecule has 2 amide bonds. The van der Waals surface area contributed by atoms with Crippen LogP contribution in [0.15, 0.2) is 34.8 Å². The second kappa shape index (κ2) is 8.84. The molecule has 1 aromatic carbocycles. The number of amides is 2. The lowest BCUT2D eigenvalue weighted by Crippen LogP contribution is -2.36. The quantitative estimate of drug-likeness (QED) is 0.460. The Morgan fingerprint density at radius 3 is 2.97 bits per heavy atom. The van der Waals surface area contributed by atoms with Crippen molar-refractivity contribution in [2.75, 3.05) is 29.6 Å². The third-order valence-electron chi connectivity index (χ3n) is 4.59. The van der Waals surface area contributed by atoms with E-state index < -0.39 is 0 Å². The molecule has 1 N–H and O–H groups in total. The number of anilines is 2. The number of carbonyl (C=O) groups excluding carboxylic acids is 2. The van der Waals surface area contributed by atoms with Gasteiger partial charge in [0.25, 0.3) is 5.91 Å². The van der Waals surface area contributed by atoms with Crippen LogP contribution >= 0.6 is 23.1 Å². The molecule has 2 aromatic heterocycles. The number of ether oxygens (including phenoxy) is 1. The molecule has 0 unspecified atom stereocenters. The molecule has 9 nitrogen and oxygen atoms in total. The predicted molar refractivity (Wildman–Crippen MR) is 115 cm³/mol. The Morgan fingerprint density at radius 1 is 1.30 bits per heavy atom. The maximum absolute atomic E-state index is 12.7. The minimum Gasteiger partial charge on any atom is -0.479 e. The Hall–Kier alpha value is -2.92. The van der Waals surface area contributed by atoms with Gasteiger partial charge in [-0.2, -0.15) is 0 Å². The summed E-state index contributed by atoms with van der Waals surface area (Å²) in [7, 11) is 3.16. The zero-order valence-electron chi connectivity index (χ0n) is 16.5. The monoisotopic (exact) mass is 444 g/mol. The number of benzene rings is 1. The minimum atomic E-state index is -0.381. The van der Waals surface area contributed by atoms with E-state index >= 15 is 0 Å². The predicted octanol–water partition coefficient (Wildman–Crippen LogP) is 2.60. The standard InChI is InChI=1S/C19H20N6O3S2/c1-24-10-13(17(23-24)28-2)16(27)20-18-21-22-19(30-18)29-11-15(26)25-9-5-7-12-6-3-4-8-14(12)25/h3-4,6,8,10H,5,7,9,11H2,1-2H3,(H,20,21,27). The first kappa shape index (κ1) is 20.4. The van der Waals surface area contributed by atoms with Gasteiger partial charge >= 0.3 is 0 Å². The van der Waals surface area contributed by atoms with Crippen molar-refractivity contribution in [1.29, 1.82) is 0 Å². The van der Waals surface area contributed by atoms with Gasteiger partial charge in [0, 0.05) is 25.5 Å². The van der Waals surface area contributed by atoms with Crippen LogP contribution in [-0.2, 0) is 18.3 Å². The number of para-hydroxylation sites is 1. The van der Waals surface area contributed by atoms with Crippen LogP contribution in [0, 0.1) is 0 Å². The fourth-order valence-electron chi connectivity index (χ4n) is 3.25. The highest BCUT2D eigenvalue weighted by Gasteiger charge is 2.23. The highest BCUT2D eigenvalue weighted by atomic mass is 32.2. The van der Waals surface area contributed by atoms with E-state index in [1.54, 1.807) is 13.2 Å². The molecular weight excluding hydrogens is 424 g/mol. The van der Waals surface area contributed by atoms with Gasteiger partial charge < -0.3 is 9.64 Å². The first-order valence-corrected chi connectivity index (χ1v) is 11.1. The summed E-state index contributed by atoms with van der Waals surface area (Å²) in [5, 5.41) is 15.2. The highest BCUT2D eigenvalue weighted by Crippen LogP contribution is 2.30. The zero-order chi connectivity index (χ0) is 21.1. The number of nitrogens with zero attached hydrogens (tertiary/aromatic N) is 5. The number of aryl methyl sites for hydroxylation is 2. The Balaban J connectivity index is 1.36. The number of hydrogen-bond acceptors (Lipinski definition) is 8. The molecule has 1 aliphatic heterocycles. The van der Waals surface area contributed by atoms with Gasteiger partial charge in [-0.3, -0.25) is 19.6 Å². The molecule has 0 bridgehead atoms. The fourth-order valence-corrected chi connectivity index (χ4v) is 4.87. The summed E-state index contributed by atoms with van der Waals surface area (Å²) >= 11 is 2.53. The van der Waals surface area contributed by atoms with Crippen LogP contribution < -0.4 is 15.0 Å². The van der Waals surface area contributed by atoms with Gasteiger partial charge in [-0.15, -0.1) is 15.3 Å². The molecule has 0 atom stereocenters. The average molecular weight is 445 g/mol. The van der Waals surface area contributed by atoms with Crippen molar-refractivity contribution in [3.05, 3.63) is 41.6 Å². The highest BCUT2D eigenvalue weighted by molar-refractivity contribution is 8.01. The molecule has 0 spiro atoms. The van der Waals surface area contributed by atoms with E-state index in [1.807, 2.05) is 23.1 Å². The zero-order valence-corrected chi connectivity index (χ0v) is 18.1. The summed E-state index contributed by atoms with van der Waals surface area (Å²) in [5.74, 6) is 0.149. The van der Waals surface area contributed by atoms with E-state index in [0.717, 1.165) is 25.1 Å². The Kier molecular flexibility index (Phi) is 6.00. The van der Waals surface area contributed by atoms with Crippen molar-refractivity contribution in [1.82, 2.24) is 20.0 Å². The third kappa shape index (κ3) is 4.31. The number of fused-ring (bicyclic) bond motifs is 1. The van der Waals surface area contributed by atoms with Crippen LogP contribution in [0.25, 0.3) is 0 Å². The van der Waals surface area contributed by atoms with Crippen LogP contribution in [0.5, 0.6) is 5.88 Å².